The highest BCUT2D eigenvalue weighted by Crippen LogP contribution is 2.17. The highest BCUT2D eigenvalue weighted by atomic mass is 79.9. The first-order valence-corrected chi connectivity index (χ1v) is 9.53. The van der Waals surface area contributed by atoms with Gasteiger partial charge < -0.3 is 0 Å². The summed E-state index contributed by atoms with van der Waals surface area (Å²) in [5, 5.41) is 0. The van der Waals surface area contributed by atoms with Crippen LogP contribution in [0.2, 0.25) is 0 Å². The van der Waals surface area contributed by atoms with Crippen molar-refractivity contribution in [3.05, 3.63) is 70.0 Å². The average Bonchev–Trinajstić information content (AvgIpc) is 2.56. The maximum absolute atomic E-state index is 13.6. The number of ketones is 1. The van der Waals surface area contributed by atoms with Crippen molar-refractivity contribution < 1.29 is 17.6 Å². The van der Waals surface area contributed by atoms with Gasteiger partial charge in [0.15, 0.2) is 5.78 Å². The van der Waals surface area contributed by atoms with E-state index < -0.39 is 15.8 Å². The molecule has 1 N–H and O–H groups in total. The van der Waals surface area contributed by atoms with E-state index in [-0.39, 0.29) is 11.5 Å². The Labute approximate surface area is 148 Å². The van der Waals surface area contributed by atoms with Gasteiger partial charge in [0.1, 0.15) is 5.82 Å². The number of carbonyl (C=O) groups excluding carboxylic acids is 1. The number of allylic oxidation sites excluding steroid dienone is 1. The molecule has 0 aliphatic heterocycles. The summed E-state index contributed by atoms with van der Waals surface area (Å²) in [6.45, 7) is 1.53. The molecular weight excluding hydrogens is 397 g/mol. The zero-order chi connectivity index (χ0) is 17.7. The monoisotopic (exact) mass is 411 g/mol. The highest BCUT2D eigenvalue weighted by Gasteiger charge is 2.08. The molecule has 0 radical (unpaired) electrons. The van der Waals surface area contributed by atoms with Crippen LogP contribution in [0.4, 0.5) is 10.1 Å². The van der Waals surface area contributed by atoms with Gasteiger partial charge in [-0.25, -0.2) is 12.8 Å². The largest absolute Gasteiger partial charge is 0.289 e. The second-order valence-corrected chi connectivity index (χ2v) is 7.87. The molecule has 0 atom stereocenters. The first-order valence-electron chi connectivity index (χ1n) is 7.09. The number of nitrogens with one attached hydrogen (secondary N) is 1. The van der Waals surface area contributed by atoms with E-state index in [9.17, 15) is 17.6 Å². The molecule has 0 bridgehead atoms. The molecule has 0 spiro atoms. The number of hydrogen-bond acceptors (Lipinski definition) is 3. The van der Waals surface area contributed by atoms with Gasteiger partial charge in [0.2, 0.25) is 10.0 Å². The van der Waals surface area contributed by atoms with Crippen molar-refractivity contribution in [3.8, 4) is 0 Å². The number of sulfonamides is 1. The van der Waals surface area contributed by atoms with Gasteiger partial charge in [0.05, 0.1) is 5.75 Å². The molecule has 2 rings (SSSR count). The van der Waals surface area contributed by atoms with Crippen molar-refractivity contribution in [1.29, 1.82) is 0 Å². The third kappa shape index (κ3) is 5.01. The summed E-state index contributed by atoms with van der Waals surface area (Å²) < 4.78 is 39.7. The van der Waals surface area contributed by atoms with E-state index in [1.54, 1.807) is 12.1 Å². The van der Waals surface area contributed by atoms with Crippen molar-refractivity contribution in [1.82, 2.24) is 0 Å². The molecule has 0 saturated heterocycles. The number of hydrogen-bond donors (Lipinski definition) is 1. The van der Waals surface area contributed by atoms with E-state index in [1.807, 2.05) is 0 Å². The standard InChI is InChI=1S/C17H15BrFNO3S/c1-2-24(22,23)20-15-7-3-12(4-8-15)17(21)10-5-13-11-14(18)6-9-16(13)19/h3-11,20H,2H2,1H3. The lowest BCUT2D eigenvalue weighted by molar-refractivity contribution is 0.104. The molecule has 7 heteroatoms. The molecule has 0 fully saturated rings. The van der Waals surface area contributed by atoms with Crippen LogP contribution >= 0.6 is 15.9 Å². The van der Waals surface area contributed by atoms with Crippen LogP contribution in [-0.4, -0.2) is 20.0 Å². The summed E-state index contributed by atoms with van der Waals surface area (Å²) in [6.07, 6.45) is 2.67. The van der Waals surface area contributed by atoms with Crippen LogP contribution in [0, 0.1) is 5.82 Å². The Morgan fingerprint density at radius 2 is 1.88 bits per heavy atom. The van der Waals surface area contributed by atoms with Crippen molar-refractivity contribution in [2.24, 2.45) is 0 Å². The maximum atomic E-state index is 13.6. The van der Waals surface area contributed by atoms with E-state index in [2.05, 4.69) is 20.7 Å². The second-order valence-electron chi connectivity index (χ2n) is 4.95. The quantitative estimate of drug-likeness (QED) is 0.570. The predicted molar refractivity (Wildman–Crippen MR) is 97.0 cm³/mol. The molecule has 4 nitrogen and oxygen atoms in total. The molecule has 0 heterocycles. The molecule has 2 aromatic carbocycles. The van der Waals surface area contributed by atoms with E-state index in [1.165, 1.54) is 49.4 Å². The molecule has 0 saturated carbocycles. The Balaban J connectivity index is 2.13. The van der Waals surface area contributed by atoms with Gasteiger partial charge in [-0.2, -0.15) is 0 Å². The van der Waals surface area contributed by atoms with Crippen LogP contribution in [-0.2, 0) is 10.0 Å². The molecule has 0 unspecified atom stereocenters. The average molecular weight is 412 g/mol. The zero-order valence-corrected chi connectivity index (χ0v) is 15.2. The smallest absolute Gasteiger partial charge is 0.232 e. The van der Waals surface area contributed by atoms with Crippen LogP contribution in [0.15, 0.2) is 53.0 Å². The first-order chi connectivity index (χ1) is 11.3. The summed E-state index contributed by atoms with van der Waals surface area (Å²) in [6, 6.07) is 10.5. The van der Waals surface area contributed by atoms with Crippen LogP contribution in [0.3, 0.4) is 0 Å². The minimum atomic E-state index is -3.36. The Morgan fingerprint density at radius 1 is 1.21 bits per heavy atom. The van der Waals surface area contributed by atoms with Crippen LogP contribution in [0.1, 0.15) is 22.8 Å². The summed E-state index contributed by atoms with van der Waals surface area (Å²) in [5.74, 6) is -0.764. The van der Waals surface area contributed by atoms with Gasteiger partial charge in [0.25, 0.3) is 0 Å². The minimum absolute atomic E-state index is 0.0331. The molecule has 126 valence electrons. The number of benzene rings is 2. The third-order valence-electron chi connectivity index (χ3n) is 3.20. The minimum Gasteiger partial charge on any atom is -0.289 e. The lowest BCUT2D eigenvalue weighted by Gasteiger charge is -2.06. The van der Waals surface area contributed by atoms with E-state index in [4.69, 9.17) is 0 Å². The maximum Gasteiger partial charge on any atom is 0.232 e. The van der Waals surface area contributed by atoms with E-state index in [0.717, 1.165) is 0 Å². The first kappa shape index (κ1) is 18.4. The molecule has 2 aromatic rings. The molecule has 0 aromatic heterocycles. The van der Waals surface area contributed by atoms with Crippen molar-refractivity contribution in [2.75, 3.05) is 10.5 Å². The van der Waals surface area contributed by atoms with Gasteiger partial charge in [-0.1, -0.05) is 15.9 Å². The number of anilines is 1. The fourth-order valence-electron chi connectivity index (χ4n) is 1.86. The Morgan fingerprint density at radius 3 is 2.50 bits per heavy atom. The summed E-state index contributed by atoms with van der Waals surface area (Å²) >= 11 is 3.24. The molecule has 0 amide bonds. The lowest BCUT2D eigenvalue weighted by atomic mass is 10.1. The van der Waals surface area contributed by atoms with Gasteiger partial charge in [-0.3, -0.25) is 9.52 Å². The van der Waals surface area contributed by atoms with Crippen LogP contribution in [0.25, 0.3) is 6.08 Å². The Kier molecular flexibility index (Phi) is 5.90. The zero-order valence-electron chi connectivity index (χ0n) is 12.8. The molecule has 0 aliphatic carbocycles. The Bertz CT molecular complexity index is 877. The highest BCUT2D eigenvalue weighted by molar-refractivity contribution is 9.10. The molecular formula is C17H15BrFNO3S. The van der Waals surface area contributed by atoms with Crippen LogP contribution < -0.4 is 4.72 Å². The van der Waals surface area contributed by atoms with E-state index in [0.29, 0.717) is 21.3 Å². The van der Waals surface area contributed by atoms with Crippen molar-refractivity contribution in [2.45, 2.75) is 6.92 Å². The van der Waals surface area contributed by atoms with Crippen molar-refractivity contribution in [3.63, 3.8) is 0 Å². The van der Waals surface area contributed by atoms with Crippen molar-refractivity contribution >= 4 is 43.5 Å². The van der Waals surface area contributed by atoms with Crippen LogP contribution in [0.5, 0.6) is 0 Å². The number of halogens is 2. The Hall–Kier alpha value is -1.99. The van der Waals surface area contributed by atoms with E-state index >= 15 is 0 Å². The van der Waals surface area contributed by atoms with Gasteiger partial charge in [0, 0.05) is 21.3 Å². The SMILES string of the molecule is CCS(=O)(=O)Nc1ccc(C(=O)C=Cc2cc(Br)ccc2F)cc1. The van der Waals surface area contributed by atoms with Gasteiger partial charge in [-0.15, -0.1) is 0 Å². The molecule has 0 aliphatic rings. The second kappa shape index (κ2) is 7.72. The summed E-state index contributed by atoms with van der Waals surface area (Å²) in [4.78, 5) is 12.1. The third-order valence-corrected chi connectivity index (χ3v) is 5.00. The number of rotatable bonds is 6. The fourth-order valence-corrected chi connectivity index (χ4v) is 2.88. The number of carbonyl (C=O) groups is 1. The normalized spacial score (nSPS) is 11.6. The van der Waals surface area contributed by atoms with Gasteiger partial charge in [-0.05, 0) is 61.5 Å². The molecule has 24 heavy (non-hydrogen) atoms. The fraction of sp³-hybridized carbons (Fsp3) is 0.118. The lowest BCUT2D eigenvalue weighted by Crippen LogP contribution is -2.14. The summed E-state index contributed by atoms with van der Waals surface area (Å²) in [5.41, 5.74) is 1.06. The van der Waals surface area contributed by atoms with Gasteiger partial charge >= 0.3 is 0 Å². The topological polar surface area (TPSA) is 63.2 Å². The summed E-state index contributed by atoms with van der Waals surface area (Å²) in [7, 11) is -3.36. The predicted octanol–water partition coefficient (Wildman–Crippen LogP) is 4.25.